The van der Waals surface area contributed by atoms with E-state index in [9.17, 15) is 0 Å². The van der Waals surface area contributed by atoms with E-state index in [1.165, 1.54) is 17.7 Å². The third-order valence-corrected chi connectivity index (χ3v) is 3.58. The average molecular weight is 246 g/mol. The van der Waals surface area contributed by atoms with Gasteiger partial charge in [-0.3, -0.25) is 0 Å². The summed E-state index contributed by atoms with van der Waals surface area (Å²) in [4.78, 5) is 4.22. The number of hydrogen-bond acceptors (Lipinski definition) is 4. The Bertz CT molecular complexity index is 543. The number of nitrogens with two attached hydrogens (primary N) is 1. The first-order valence-electron chi connectivity index (χ1n) is 6.46. The summed E-state index contributed by atoms with van der Waals surface area (Å²) in [5.41, 5.74) is 8.80. The van der Waals surface area contributed by atoms with Crippen LogP contribution in [0.2, 0.25) is 0 Å². The number of hydrogen-bond donors (Lipinski definition) is 1. The second-order valence-corrected chi connectivity index (χ2v) is 4.90. The van der Waals surface area contributed by atoms with Crippen molar-refractivity contribution in [1.82, 2.24) is 14.7 Å². The van der Waals surface area contributed by atoms with Gasteiger partial charge in [-0.25, -0.2) is 0 Å². The van der Waals surface area contributed by atoms with Gasteiger partial charge in [0.05, 0.1) is 0 Å². The number of nitrogens with zero attached hydrogens (tertiary/aromatic N) is 3. The molecule has 96 valence electrons. The Balaban J connectivity index is 1.73. The van der Waals surface area contributed by atoms with Crippen LogP contribution in [-0.4, -0.2) is 14.7 Å². The van der Waals surface area contributed by atoms with Crippen LogP contribution in [0.1, 0.15) is 41.9 Å². The molecule has 0 fully saturated rings. The lowest BCUT2D eigenvalue weighted by molar-refractivity contribution is 0.367. The summed E-state index contributed by atoms with van der Waals surface area (Å²) in [7, 11) is 0. The lowest BCUT2D eigenvalue weighted by Crippen LogP contribution is -2.18. The molecule has 2 aromatic heterocycles. The van der Waals surface area contributed by atoms with Crippen molar-refractivity contribution in [2.75, 3.05) is 0 Å². The number of fused-ring (bicyclic) bond motifs is 1. The van der Waals surface area contributed by atoms with E-state index < -0.39 is 0 Å². The van der Waals surface area contributed by atoms with Crippen molar-refractivity contribution >= 4 is 0 Å². The average Bonchev–Trinajstić information content (AvgIpc) is 2.94. The van der Waals surface area contributed by atoms with Crippen molar-refractivity contribution in [3.8, 4) is 0 Å². The van der Waals surface area contributed by atoms with Gasteiger partial charge in [0, 0.05) is 30.9 Å². The van der Waals surface area contributed by atoms with E-state index in [4.69, 9.17) is 10.3 Å². The highest BCUT2D eigenvalue weighted by molar-refractivity contribution is 5.28. The lowest BCUT2D eigenvalue weighted by Gasteiger charge is -2.20. The maximum absolute atomic E-state index is 6.12. The summed E-state index contributed by atoms with van der Waals surface area (Å²) < 4.78 is 7.40. The minimum absolute atomic E-state index is 0.209. The topological polar surface area (TPSA) is 69.9 Å². The van der Waals surface area contributed by atoms with Crippen LogP contribution in [0.15, 0.2) is 16.8 Å². The molecular weight excluding hydrogens is 228 g/mol. The van der Waals surface area contributed by atoms with Gasteiger partial charge in [0.25, 0.3) is 0 Å². The van der Waals surface area contributed by atoms with Gasteiger partial charge in [-0.2, -0.15) is 4.98 Å². The SMILES string of the molecule is Cc1noc(CCn2ccc3c2CCCC3N)n1. The van der Waals surface area contributed by atoms with Gasteiger partial charge < -0.3 is 14.8 Å². The van der Waals surface area contributed by atoms with Gasteiger partial charge in [0.2, 0.25) is 5.89 Å². The first kappa shape index (κ1) is 11.5. The van der Waals surface area contributed by atoms with E-state index >= 15 is 0 Å². The summed E-state index contributed by atoms with van der Waals surface area (Å²) in [6.45, 7) is 2.72. The molecule has 0 saturated heterocycles. The van der Waals surface area contributed by atoms with Crippen molar-refractivity contribution in [3.63, 3.8) is 0 Å². The van der Waals surface area contributed by atoms with E-state index in [1.54, 1.807) is 0 Å². The maximum atomic E-state index is 6.12. The number of rotatable bonds is 3. The van der Waals surface area contributed by atoms with Gasteiger partial charge >= 0.3 is 0 Å². The summed E-state index contributed by atoms with van der Waals surface area (Å²) >= 11 is 0. The van der Waals surface area contributed by atoms with Crippen LogP contribution in [0.5, 0.6) is 0 Å². The van der Waals surface area contributed by atoms with Crippen LogP contribution in [0.25, 0.3) is 0 Å². The molecule has 18 heavy (non-hydrogen) atoms. The Morgan fingerprint density at radius 2 is 2.44 bits per heavy atom. The molecular formula is C13H18N4O. The zero-order valence-corrected chi connectivity index (χ0v) is 10.6. The first-order chi connectivity index (χ1) is 8.74. The van der Waals surface area contributed by atoms with Crippen molar-refractivity contribution in [2.45, 2.75) is 45.2 Å². The highest BCUT2D eigenvalue weighted by atomic mass is 16.5. The summed E-state index contributed by atoms with van der Waals surface area (Å²) in [5.74, 6) is 1.40. The number of aryl methyl sites for hydroxylation is 3. The molecule has 0 aromatic carbocycles. The fourth-order valence-corrected chi connectivity index (χ4v) is 2.66. The minimum Gasteiger partial charge on any atom is -0.351 e. The van der Waals surface area contributed by atoms with Crippen LogP contribution in [0, 0.1) is 6.92 Å². The molecule has 1 aliphatic rings. The molecule has 1 atom stereocenters. The van der Waals surface area contributed by atoms with Crippen LogP contribution < -0.4 is 5.73 Å². The molecule has 5 nitrogen and oxygen atoms in total. The third-order valence-electron chi connectivity index (χ3n) is 3.58. The van der Waals surface area contributed by atoms with Gasteiger partial charge in [0.15, 0.2) is 5.82 Å². The molecule has 0 aliphatic heterocycles. The lowest BCUT2D eigenvalue weighted by atomic mass is 9.94. The van der Waals surface area contributed by atoms with Gasteiger partial charge in [-0.05, 0) is 37.8 Å². The molecule has 0 amide bonds. The van der Waals surface area contributed by atoms with E-state index in [1.807, 2.05) is 6.92 Å². The largest absolute Gasteiger partial charge is 0.351 e. The molecule has 2 heterocycles. The summed E-state index contributed by atoms with van der Waals surface area (Å²) in [5, 5.41) is 3.80. The number of aromatic nitrogens is 3. The second kappa shape index (κ2) is 4.57. The third kappa shape index (κ3) is 2.06. The maximum Gasteiger partial charge on any atom is 0.228 e. The van der Waals surface area contributed by atoms with Crippen molar-refractivity contribution in [1.29, 1.82) is 0 Å². The molecule has 2 N–H and O–H groups in total. The van der Waals surface area contributed by atoms with Gasteiger partial charge in [-0.1, -0.05) is 5.16 Å². The summed E-state index contributed by atoms with van der Waals surface area (Å²) in [6, 6.07) is 2.36. The molecule has 3 rings (SSSR count). The van der Waals surface area contributed by atoms with Gasteiger partial charge in [-0.15, -0.1) is 0 Å². The van der Waals surface area contributed by atoms with E-state index in [0.717, 1.165) is 25.8 Å². The predicted octanol–water partition coefficient (Wildman–Crippen LogP) is 1.76. The van der Waals surface area contributed by atoms with E-state index in [-0.39, 0.29) is 6.04 Å². The highest BCUT2D eigenvalue weighted by Crippen LogP contribution is 2.28. The monoisotopic (exact) mass is 246 g/mol. The Kier molecular flexibility index (Phi) is 2.91. The van der Waals surface area contributed by atoms with Crippen molar-refractivity contribution in [2.24, 2.45) is 5.73 Å². The zero-order valence-electron chi connectivity index (χ0n) is 10.6. The van der Waals surface area contributed by atoms with E-state index in [0.29, 0.717) is 11.7 Å². The minimum atomic E-state index is 0.209. The van der Waals surface area contributed by atoms with Crippen LogP contribution in [0.3, 0.4) is 0 Å². The van der Waals surface area contributed by atoms with Crippen LogP contribution in [0.4, 0.5) is 0 Å². The molecule has 2 aromatic rings. The van der Waals surface area contributed by atoms with Crippen molar-refractivity contribution < 1.29 is 4.52 Å². The molecule has 1 unspecified atom stereocenters. The normalized spacial score (nSPS) is 18.9. The predicted molar refractivity (Wildman–Crippen MR) is 67.0 cm³/mol. The Morgan fingerprint density at radius 3 is 3.22 bits per heavy atom. The Labute approximate surface area is 106 Å². The quantitative estimate of drug-likeness (QED) is 0.895. The van der Waals surface area contributed by atoms with Crippen LogP contribution in [-0.2, 0) is 19.4 Å². The molecule has 5 heteroatoms. The smallest absolute Gasteiger partial charge is 0.228 e. The highest BCUT2D eigenvalue weighted by Gasteiger charge is 2.20. The van der Waals surface area contributed by atoms with Crippen molar-refractivity contribution in [3.05, 3.63) is 35.2 Å². The van der Waals surface area contributed by atoms with E-state index in [2.05, 4.69) is 27.0 Å². The van der Waals surface area contributed by atoms with Crippen LogP contribution >= 0.6 is 0 Å². The molecule has 0 saturated carbocycles. The Hall–Kier alpha value is -1.62. The standard InChI is InChI=1S/C13H18N4O/c1-9-15-13(18-16-9)6-8-17-7-5-10-11(14)3-2-4-12(10)17/h5,7,11H,2-4,6,8,14H2,1H3. The first-order valence-corrected chi connectivity index (χ1v) is 6.46. The summed E-state index contributed by atoms with van der Waals surface area (Å²) in [6.07, 6.45) is 6.30. The molecule has 0 bridgehead atoms. The fraction of sp³-hybridized carbons (Fsp3) is 0.538. The second-order valence-electron chi connectivity index (χ2n) is 4.90. The fourth-order valence-electron chi connectivity index (χ4n) is 2.66. The molecule has 0 spiro atoms. The van der Waals surface area contributed by atoms with Gasteiger partial charge in [0.1, 0.15) is 0 Å². The molecule has 1 aliphatic carbocycles. The molecule has 0 radical (unpaired) electrons. The Morgan fingerprint density at radius 1 is 1.56 bits per heavy atom. The zero-order chi connectivity index (χ0) is 12.5.